The minimum atomic E-state index is -0.845. The van der Waals surface area contributed by atoms with Gasteiger partial charge in [-0.2, -0.15) is 10.1 Å². The van der Waals surface area contributed by atoms with E-state index in [1.807, 2.05) is 0 Å². The van der Waals surface area contributed by atoms with Crippen LogP contribution >= 0.6 is 11.6 Å². The highest BCUT2D eigenvalue weighted by molar-refractivity contribution is 6.28. The molecule has 23 heavy (non-hydrogen) atoms. The number of carbonyl (C=O) groups is 1. The van der Waals surface area contributed by atoms with E-state index in [1.165, 1.54) is 24.4 Å². The number of nitrogens with zero attached hydrogens (tertiary/aromatic N) is 5. The van der Waals surface area contributed by atoms with Gasteiger partial charge in [-0.05, 0) is 18.0 Å². The number of aromatic nitrogens is 4. The second-order valence-corrected chi connectivity index (χ2v) is 4.72. The summed E-state index contributed by atoms with van der Waals surface area (Å²) in [4.78, 5) is 31.6. The van der Waals surface area contributed by atoms with Crippen LogP contribution in [-0.2, 0) is 9.53 Å². The third-order valence-electron chi connectivity index (χ3n) is 3.08. The van der Waals surface area contributed by atoms with E-state index in [4.69, 9.17) is 16.3 Å². The molecular weight excluding hydrogens is 328 g/mol. The number of anilines is 2. The summed E-state index contributed by atoms with van der Waals surface area (Å²) < 4.78 is 4.78. The van der Waals surface area contributed by atoms with E-state index >= 15 is 0 Å². The van der Waals surface area contributed by atoms with Gasteiger partial charge in [-0.1, -0.05) is 6.92 Å². The second kappa shape index (κ2) is 7.01. The lowest BCUT2D eigenvalue weighted by Crippen LogP contribution is -2.39. The third-order valence-corrected chi connectivity index (χ3v) is 3.26. The van der Waals surface area contributed by atoms with Crippen molar-refractivity contribution >= 4 is 34.8 Å². The topological polar surface area (TPSA) is 127 Å². The van der Waals surface area contributed by atoms with E-state index in [1.54, 1.807) is 6.92 Å². The zero-order chi connectivity index (χ0) is 17.0. The van der Waals surface area contributed by atoms with Crippen molar-refractivity contribution in [3.05, 3.63) is 34.0 Å². The van der Waals surface area contributed by atoms with Crippen LogP contribution in [0.5, 0.6) is 0 Å². The number of halogens is 1. The Labute approximate surface area is 135 Å². The molecule has 1 N–H and O–H groups in total. The Hall–Kier alpha value is -2.75. The van der Waals surface area contributed by atoms with Gasteiger partial charge in [0.15, 0.2) is 0 Å². The summed E-state index contributed by atoms with van der Waals surface area (Å²) in [6, 6.07) is -0.845. The molecule has 2 aromatic rings. The fraction of sp³-hybridized carbons (Fsp3) is 0.333. The van der Waals surface area contributed by atoms with Crippen molar-refractivity contribution in [2.24, 2.45) is 0 Å². The van der Waals surface area contributed by atoms with E-state index < -0.39 is 22.6 Å². The lowest BCUT2D eigenvalue weighted by Gasteiger charge is -2.28. The Kier molecular flexibility index (Phi) is 5.06. The summed E-state index contributed by atoms with van der Waals surface area (Å²) in [6.07, 6.45) is 4.19. The number of methoxy groups -OCH3 is 1. The smallest absolute Gasteiger partial charge is 0.330 e. The number of ether oxygens (including phenoxy) is 1. The normalized spacial score (nSPS) is 11.8. The Bertz CT molecular complexity index is 708. The maximum absolute atomic E-state index is 12.1. The summed E-state index contributed by atoms with van der Waals surface area (Å²) in [7, 11) is 1.24. The van der Waals surface area contributed by atoms with Crippen LogP contribution in [0.3, 0.4) is 0 Å². The SMILES string of the molecule is CCC(C(=O)OC)N(c1cn[nH]c1)c1nc(Cl)ncc1[N+](=O)[O-]. The van der Waals surface area contributed by atoms with Gasteiger partial charge in [0.2, 0.25) is 11.1 Å². The summed E-state index contributed by atoms with van der Waals surface area (Å²) in [6.45, 7) is 1.74. The summed E-state index contributed by atoms with van der Waals surface area (Å²) in [5, 5.41) is 17.5. The van der Waals surface area contributed by atoms with Gasteiger partial charge in [0.25, 0.3) is 0 Å². The van der Waals surface area contributed by atoms with Gasteiger partial charge < -0.3 is 9.64 Å². The van der Waals surface area contributed by atoms with Crippen molar-refractivity contribution in [2.75, 3.05) is 12.0 Å². The molecular formula is C12H13ClN6O4. The van der Waals surface area contributed by atoms with Crippen molar-refractivity contribution in [3.63, 3.8) is 0 Å². The average molecular weight is 341 g/mol. The summed E-state index contributed by atoms with van der Waals surface area (Å²) in [5.41, 5.74) is 0.0121. The lowest BCUT2D eigenvalue weighted by molar-refractivity contribution is -0.384. The fourth-order valence-electron chi connectivity index (χ4n) is 2.07. The van der Waals surface area contributed by atoms with Crippen LogP contribution in [0, 0.1) is 10.1 Å². The molecule has 0 saturated carbocycles. The van der Waals surface area contributed by atoms with E-state index in [-0.39, 0.29) is 11.1 Å². The van der Waals surface area contributed by atoms with Gasteiger partial charge in [0, 0.05) is 6.20 Å². The molecule has 0 aliphatic heterocycles. The Balaban J connectivity index is 2.66. The number of carbonyl (C=O) groups excluding carboxylic acids is 1. The van der Waals surface area contributed by atoms with E-state index in [0.29, 0.717) is 12.1 Å². The predicted molar refractivity (Wildman–Crippen MR) is 80.5 cm³/mol. The number of H-pyrrole nitrogens is 1. The molecule has 0 bridgehead atoms. The summed E-state index contributed by atoms with van der Waals surface area (Å²) >= 11 is 5.78. The molecule has 0 spiro atoms. The largest absolute Gasteiger partial charge is 0.467 e. The monoisotopic (exact) mass is 340 g/mol. The number of hydrogen-bond donors (Lipinski definition) is 1. The molecule has 1 unspecified atom stereocenters. The first kappa shape index (κ1) is 16.6. The van der Waals surface area contributed by atoms with Gasteiger partial charge >= 0.3 is 11.7 Å². The van der Waals surface area contributed by atoms with E-state index in [2.05, 4.69) is 20.2 Å². The lowest BCUT2D eigenvalue weighted by atomic mass is 10.1. The van der Waals surface area contributed by atoms with Crippen molar-refractivity contribution in [3.8, 4) is 0 Å². The van der Waals surface area contributed by atoms with Crippen LogP contribution in [-0.4, -0.2) is 44.2 Å². The molecule has 2 rings (SSSR count). The molecule has 2 heterocycles. The van der Waals surface area contributed by atoms with Gasteiger partial charge in [0.05, 0.1) is 23.9 Å². The first-order valence-corrected chi connectivity index (χ1v) is 6.90. The number of nitrogens with one attached hydrogen (secondary N) is 1. The molecule has 0 aliphatic rings. The highest BCUT2D eigenvalue weighted by Crippen LogP contribution is 2.34. The molecule has 0 saturated heterocycles. The van der Waals surface area contributed by atoms with Crippen LogP contribution in [0.25, 0.3) is 0 Å². The van der Waals surface area contributed by atoms with Crippen LogP contribution in [0.2, 0.25) is 5.28 Å². The van der Waals surface area contributed by atoms with E-state index in [9.17, 15) is 14.9 Å². The molecule has 0 fully saturated rings. The van der Waals surface area contributed by atoms with Crippen molar-refractivity contribution in [2.45, 2.75) is 19.4 Å². The van der Waals surface area contributed by atoms with Crippen molar-refractivity contribution in [1.29, 1.82) is 0 Å². The Morgan fingerprint density at radius 1 is 1.57 bits per heavy atom. The van der Waals surface area contributed by atoms with Gasteiger partial charge in [-0.3, -0.25) is 15.2 Å². The molecule has 0 aromatic carbocycles. The predicted octanol–water partition coefficient (Wildman–Crippen LogP) is 1.85. The molecule has 122 valence electrons. The van der Waals surface area contributed by atoms with E-state index in [0.717, 1.165) is 6.20 Å². The van der Waals surface area contributed by atoms with Gasteiger partial charge in [-0.25, -0.2) is 9.78 Å². The fourth-order valence-corrected chi connectivity index (χ4v) is 2.20. The molecule has 0 amide bonds. The van der Waals surface area contributed by atoms with Crippen molar-refractivity contribution < 1.29 is 14.5 Å². The Morgan fingerprint density at radius 3 is 2.83 bits per heavy atom. The molecule has 2 aromatic heterocycles. The first-order chi connectivity index (χ1) is 11.0. The number of esters is 1. The quantitative estimate of drug-likeness (QED) is 0.365. The Morgan fingerprint density at radius 2 is 2.30 bits per heavy atom. The second-order valence-electron chi connectivity index (χ2n) is 4.38. The molecule has 1 atom stereocenters. The molecule has 0 aliphatic carbocycles. The van der Waals surface area contributed by atoms with Crippen LogP contribution < -0.4 is 4.90 Å². The standard InChI is InChI=1S/C12H13ClN6O4/c1-3-8(11(20)23-2)18(7-4-15-16-5-7)10-9(19(21)22)6-14-12(13)17-10/h4-6,8H,3H2,1-2H3,(H,15,16). The maximum atomic E-state index is 12.1. The molecule has 11 heteroatoms. The van der Waals surface area contributed by atoms with Gasteiger partial charge in [0.1, 0.15) is 12.2 Å². The minimum Gasteiger partial charge on any atom is -0.467 e. The third kappa shape index (κ3) is 3.37. The molecule has 10 nitrogen and oxygen atoms in total. The van der Waals surface area contributed by atoms with Crippen LogP contribution in [0.15, 0.2) is 18.6 Å². The van der Waals surface area contributed by atoms with Crippen LogP contribution in [0.4, 0.5) is 17.2 Å². The van der Waals surface area contributed by atoms with Crippen LogP contribution in [0.1, 0.15) is 13.3 Å². The minimum absolute atomic E-state index is 0.117. The maximum Gasteiger partial charge on any atom is 0.330 e. The number of rotatable bonds is 6. The highest BCUT2D eigenvalue weighted by Gasteiger charge is 2.33. The number of hydrogen-bond acceptors (Lipinski definition) is 8. The first-order valence-electron chi connectivity index (χ1n) is 6.52. The van der Waals surface area contributed by atoms with Gasteiger partial charge in [-0.15, -0.1) is 0 Å². The average Bonchev–Trinajstić information content (AvgIpc) is 3.05. The molecule has 0 radical (unpaired) electrons. The summed E-state index contributed by atoms with van der Waals surface area (Å²) in [5.74, 6) is -0.689. The number of aromatic amines is 1. The zero-order valence-electron chi connectivity index (χ0n) is 12.3. The van der Waals surface area contributed by atoms with Crippen molar-refractivity contribution in [1.82, 2.24) is 20.2 Å². The number of nitro groups is 1. The highest BCUT2D eigenvalue weighted by atomic mass is 35.5. The zero-order valence-corrected chi connectivity index (χ0v) is 13.0.